The van der Waals surface area contributed by atoms with Crippen LogP contribution in [-0.4, -0.2) is 25.2 Å². The molecule has 0 unspecified atom stereocenters. The Hall–Kier alpha value is -2.73. The van der Waals surface area contributed by atoms with Crippen LogP contribution in [0.1, 0.15) is 5.56 Å². The highest BCUT2D eigenvalue weighted by Gasteiger charge is 2.33. The first-order chi connectivity index (χ1) is 11.7. The van der Waals surface area contributed by atoms with Gasteiger partial charge in [0.2, 0.25) is 0 Å². The second-order valence-electron chi connectivity index (χ2n) is 5.06. The van der Waals surface area contributed by atoms with Crippen LogP contribution in [0, 0.1) is 0 Å². The number of rotatable bonds is 5. The SMILES string of the molecule is COc1ccccc1C1=C(Nc2ccccc2SC)C(=O)NC1=O. The van der Waals surface area contributed by atoms with Gasteiger partial charge in [-0.25, -0.2) is 0 Å². The standard InChI is InChI=1S/C18H16N2O3S/c1-23-13-9-5-3-7-11(13)15-16(18(22)20-17(15)21)19-12-8-4-6-10-14(12)24-2/h3-10H,1-2H3,(H2,19,20,21,22). The first-order valence-corrected chi connectivity index (χ1v) is 8.51. The Bertz CT molecular complexity index is 846. The number of carbonyl (C=O) groups is 2. The molecule has 6 heteroatoms. The summed E-state index contributed by atoms with van der Waals surface area (Å²) in [5, 5.41) is 5.46. The zero-order valence-corrected chi connectivity index (χ0v) is 14.1. The molecular formula is C18H16N2O3S. The van der Waals surface area contributed by atoms with E-state index in [1.54, 1.807) is 30.0 Å². The molecule has 2 N–H and O–H groups in total. The summed E-state index contributed by atoms with van der Waals surface area (Å²) in [7, 11) is 1.53. The van der Waals surface area contributed by atoms with Crippen molar-refractivity contribution < 1.29 is 14.3 Å². The third-order valence-corrected chi connectivity index (χ3v) is 4.47. The summed E-state index contributed by atoms with van der Waals surface area (Å²) in [4.78, 5) is 25.6. The normalized spacial score (nSPS) is 13.9. The van der Waals surface area contributed by atoms with Gasteiger partial charge in [0.25, 0.3) is 11.8 Å². The predicted molar refractivity (Wildman–Crippen MR) is 94.9 cm³/mol. The van der Waals surface area contributed by atoms with Crippen molar-refractivity contribution in [1.29, 1.82) is 0 Å². The van der Waals surface area contributed by atoms with E-state index in [1.165, 1.54) is 7.11 Å². The fourth-order valence-electron chi connectivity index (χ4n) is 2.57. The van der Waals surface area contributed by atoms with Crippen molar-refractivity contribution in [3.05, 3.63) is 59.8 Å². The number of nitrogens with one attached hydrogen (secondary N) is 2. The number of ether oxygens (including phenoxy) is 1. The van der Waals surface area contributed by atoms with Crippen molar-refractivity contribution >= 4 is 34.8 Å². The van der Waals surface area contributed by atoms with Crippen molar-refractivity contribution in [3.8, 4) is 5.75 Å². The third kappa shape index (κ3) is 2.88. The van der Waals surface area contributed by atoms with Gasteiger partial charge in [-0.3, -0.25) is 14.9 Å². The molecule has 0 aromatic heterocycles. The number of thioether (sulfide) groups is 1. The van der Waals surface area contributed by atoms with Crippen LogP contribution < -0.4 is 15.4 Å². The molecule has 1 heterocycles. The quantitative estimate of drug-likeness (QED) is 0.647. The molecule has 0 saturated carbocycles. The minimum Gasteiger partial charge on any atom is -0.496 e. The Labute approximate surface area is 144 Å². The van der Waals surface area contributed by atoms with E-state index in [9.17, 15) is 9.59 Å². The first-order valence-electron chi connectivity index (χ1n) is 7.29. The van der Waals surface area contributed by atoms with Gasteiger partial charge in [-0.15, -0.1) is 11.8 Å². The maximum atomic E-state index is 12.3. The largest absolute Gasteiger partial charge is 0.496 e. The predicted octanol–water partition coefficient (Wildman–Crippen LogP) is 2.90. The zero-order valence-electron chi connectivity index (χ0n) is 13.3. The first kappa shape index (κ1) is 16.1. The second kappa shape index (κ2) is 6.80. The lowest BCUT2D eigenvalue weighted by Gasteiger charge is -2.12. The summed E-state index contributed by atoms with van der Waals surface area (Å²) in [5.74, 6) is -0.347. The van der Waals surface area contributed by atoms with Gasteiger partial charge in [-0.05, 0) is 24.5 Å². The van der Waals surface area contributed by atoms with E-state index < -0.39 is 11.8 Å². The molecule has 1 aliphatic rings. The summed E-state index contributed by atoms with van der Waals surface area (Å²) in [6.07, 6.45) is 1.95. The van der Waals surface area contributed by atoms with E-state index in [-0.39, 0.29) is 11.3 Å². The van der Waals surface area contributed by atoms with Crippen molar-refractivity contribution in [2.75, 3.05) is 18.7 Å². The van der Waals surface area contributed by atoms with Crippen LogP contribution in [0.3, 0.4) is 0 Å². The van der Waals surface area contributed by atoms with E-state index >= 15 is 0 Å². The van der Waals surface area contributed by atoms with Crippen LogP contribution in [0.5, 0.6) is 5.75 Å². The van der Waals surface area contributed by atoms with Gasteiger partial charge in [-0.2, -0.15) is 0 Å². The van der Waals surface area contributed by atoms with Gasteiger partial charge in [0, 0.05) is 10.5 Å². The van der Waals surface area contributed by atoms with Gasteiger partial charge in [-0.1, -0.05) is 30.3 Å². The van der Waals surface area contributed by atoms with Crippen molar-refractivity contribution in [3.63, 3.8) is 0 Å². The summed E-state index contributed by atoms with van der Waals surface area (Å²) in [6, 6.07) is 14.7. The minimum absolute atomic E-state index is 0.228. The molecule has 3 rings (SSSR count). The van der Waals surface area contributed by atoms with E-state index in [0.29, 0.717) is 11.3 Å². The van der Waals surface area contributed by atoms with E-state index in [0.717, 1.165) is 10.6 Å². The van der Waals surface area contributed by atoms with Crippen LogP contribution in [0.25, 0.3) is 5.57 Å². The van der Waals surface area contributed by atoms with Crippen LogP contribution in [-0.2, 0) is 9.59 Å². The number of para-hydroxylation sites is 2. The average molecular weight is 340 g/mol. The topological polar surface area (TPSA) is 67.4 Å². The molecular weight excluding hydrogens is 324 g/mol. The van der Waals surface area contributed by atoms with Gasteiger partial charge in [0.1, 0.15) is 11.4 Å². The Morgan fingerprint density at radius 2 is 1.71 bits per heavy atom. The number of benzene rings is 2. The second-order valence-corrected chi connectivity index (χ2v) is 5.91. The molecule has 2 amide bonds. The Morgan fingerprint density at radius 3 is 2.46 bits per heavy atom. The Kier molecular flexibility index (Phi) is 4.57. The van der Waals surface area contributed by atoms with E-state index in [1.807, 2.05) is 36.6 Å². The van der Waals surface area contributed by atoms with Crippen molar-refractivity contribution in [2.24, 2.45) is 0 Å². The molecule has 0 aliphatic carbocycles. The third-order valence-electron chi connectivity index (χ3n) is 3.67. The lowest BCUT2D eigenvalue weighted by Crippen LogP contribution is -2.24. The zero-order chi connectivity index (χ0) is 17.1. The van der Waals surface area contributed by atoms with E-state index in [4.69, 9.17) is 4.74 Å². The number of methoxy groups -OCH3 is 1. The van der Waals surface area contributed by atoms with Gasteiger partial charge in [0.15, 0.2) is 0 Å². The number of hydrogen-bond acceptors (Lipinski definition) is 5. The summed E-state index contributed by atoms with van der Waals surface area (Å²) in [6.45, 7) is 0. The molecule has 0 spiro atoms. The molecule has 0 radical (unpaired) electrons. The van der Waals surface area contributed by atoms with Crippen molar-refractivity contribution in [1.82, 2.24) is 5.32 Å². The molecule has 122 valence electrons. The average Bonchev–Trinajstić information content (AvgIpc) is 2.88. The summed E-state index contributed by atoms with van der Waals surface area (Å²) < 4.78 is 5.33. The number of carbonyl (C=O) groups excluding carboxylic acids is 2. The fraction of sp³-hybridized carbons (Fsp3) is 0.111. The highest BCUT2D eigenvalue weighted by atomic mass is 32.2. The number of anilines is 1. The Morgan fingerprint density at radius 1 is 1.00 bits per heavy atom. The smallest absolute Gasteiger partial charge is 0.275 e. The number of imide groups is 1. The fourth-order valence-corrected chi connectivity index (χ4v) is 3.12. The highest BCUT2D eigenvalue weighted by Crippen LogP contribution is 2.33. The molecule has 5 nitrogen and oxygen atoms in total. The molecule has 1 aliphatic heterocycles. The van der Waals surface area contributed by atoms with Gasteiger partial charge in [0.05, 0.1) is 18.4 Å². The van der Waals surface area contributed by atoms with Crippen LogP contribution >= 0.6 is 11.8 Å². The highest BCUT2D eigenvalue weighted by molar-refractivity contribution is 7.98. The maximum absolute atomic E-state index is 12.3. The summed E-state index contributed by atoms with van der Waals surface area (Å²) in [5.41, 5.74) is 1.86. The van der Waals surface area contributed by atoms with Gasteiger partial charge >= 0.3 is 0 Å². The molecule has 0 fully saturated rings. The van der Waals surface area contributed by atoms with Crippen LogP contribution in [0.4, 0.5) is 5.69 Å². The number of hydrogen-bond donors (Lipinski definition) is 2. The summed E-state index contributed by atoms with van der Waals surface area (Å²) >= 11 is 1.56. The molecule has 2 aromatic rings. The minimum atomic E-state index is -0.447. The molecule has 2 aromatic carbocycles. The number of amides is 2. The van der Waals surface area contributed by atoms with Crippen LogP contribution in [0.15, 0.2) is 59.1 Å². The van der Waals surface area contributed by atoms with E-state index in [2.05, 4.69) is 10.6 Å². The van der Waals surface area contributed by atoms with Crippen LogP contribution in [0.2, 0.25) is 0 Å². The molecule has 0 bridgehead atoms. The molecule has 24 heavy (non-hydrogen) atoms. The molecule has 0 saturated heterocycles. The maximum Gasteiger partial charge on any atom is 0.275 e. The Balaban J connectivity index is 2.12. The lowest BCUT2D eigenvalue weighted by molar-refractivity contribution is -0.123. The van der Waals surface area contributed by atoms with Gasteiger partial charge < -0.3 is 10.1 Å². The van der Waals surface area contributed by atoms with Crippen molar-refractivity contribution in [2.45, 2.75) is 4.90 Å². The monoisotopic (exact) mass is 340 g/mol. The lowest BCUT2D eigenvalue weighted by atomic mass is 10.0. The molecule has 0 atom stereocenters.